The van der Waals surface area contributed by atoms with Crippen molar-refractivity contribution in [3.05, 3.63) is 111 Å². The van der Waals surface area contributed by atoms with Crippen molar-refractivity contribution < 1.29 is 18.3 Å². The van der Waals surface area contributed by atoms with Crippen LogP contribution in [0.3, 0.4) is 0 Å². The maximum atomic E-state index is 14.5. The lowest BCUT2D eigenvalue weighted by atomic mass is 10.2. The van der Waals surface area contributed by atoms with Gasteiger partial charge in [-0.1, -0.05) is 24.3 Å². The van der Waals surface area contributed by atoms with Gasteiger partial charge in [-0.25, -0.2) is 9.18 Å². The van der Waals surface area contributed by atoms with Crippen molar-refractivity contribution in [1.29, 1.82) is 0 Å². The quantitative estimate of drug-likeness (QED) is 0.462. The van der Waals surface area contributed by atoms with Gasteiger partial charge in [0.15, 0.2) is 0 Å². The molecule has 4 aromatic rings. The van der Waals surface area contributed by atoms with Crippen LogP contribution in [-0.4, -0.2) is 27.4 Å². The Bertz CT molecular complexity index is 1410. The minimum absolute atomic E-state index is 0.00165. The van der Waals surface area contributed by atoms with E-state index in [2.05, 4.69) is 10.4 Å². The number of para-hydroxylation sites is 1. The second kappa shape index (κ2) is 9.35. The summed E-state index contributed by atoms with van der Waals surface area (Å²) in [6, 6.07) is 15.5. The largest absolute Gasteiger partial charge is 0.497 e. The summed E-state index contributed by atoms with van der Waals surface area (Å²) in [5.74, 6) is -0.579. The first-order valence-electron chi connectivity index (χ1n) is 9.90. The zero-order valence-electron chi connectivity index (χ0n) is 17.5. The van der Waals surface area contributed by atoms with E-state index in [1.807, 2.05) is 0 Å². The topological polar surface area (TPSA) is 108 Å². The van der Waals surface area contributed by atoms with Crippen LogP contribution in [-0.2, 0) is 13.1 Å². The number of hydrogen-bond acceptors (Lipinski definition) is 6. The Morgan fingerprint density at radius 1 is 1.12 bits per heavy atom. The molecule has 0 aliphatic rings. The number of carbonyl (C=O) groups is 1. The number of rotatable bonds is 7. The lowest BCUT2D eigenvalue weighted by Gasteiger charge is -2.13. The van der Waals surface area contributed by atoms with Crippen molar-refractivity contribution in [3.63, 3.8) is 0 Å². The molecule has 0 aliphatic carbocycles. The third-order valence-electron chi connectivity index (χ3n) is 4.83. The van der Waals surface area contributed by atoms with E-state index in [1.165, 1.54) is 31.6 Å². The molecule has 1 N–H and O–H groups in total. The van der Waals surface area contributed by atoms with Crippen molar-refractivity contribution in [1.82, 2.24) is 19.7 Å². The molecule has 0 spiro atoms. The van der Waals surface area contributed by atoms with Gasteiger partial charge in [-0.15, -0.1) is 0 Å². The Labute approximate surface area is 186 Å². The van der Waals surface area contributed by atoms with Crippen molar-refractivity contribution in [2.24, 2.45) is 0 Å². The maximum Gasteiger partial charge on any atom is 0.352 e. The highest BCUT2D eigenvalue weighted by atomic mass is 19.1. The number of halogens is 1. The summed E-state index contributed by atoms with van der Waals surface area (Å²) in [5, 5.41) is 6.43. The third kappa shape index (κ3) is 4.59. The van der Waals surface area contributed by atoms with Crippen molar-refractivity contribution in [2.75, 3.05) is 7.11 Å². The summed E-state index contributed by atoms with van der Waals surface area (Å²) in [6.45, 7) is -0.175. The molecular weight excluding hydrogens is 431 g/mol. The van der Waals surface area contributed by atoms with Gasteiger partial charge in [0.2, 0.25) is 5.69 Å². The van der Waals surface area contributed by atoms with E-state index < -0.39 is 28.7 Å². The predicted molar refractivity (Wildman–Crippen MR) is 116 cm³/mol. The molecule has 168 valence electrons. The lowest BCUT2D eigenvalue weighted by molar-refractivity contribution is 0.0938. The van der Waals surface area contributed by atoms with E-state index >= 15 is 0 Å². The van der Waals surface area contributed by atoms with Gasteiger partial charge >= 0.3 is 5.69 Å². The Balaban J connectivity index is 1.82. The highest BCUT2D eigenvalue weighted by Crippen LogP contribution is 2.13. The van der Waals surface area contributed by atoms with Crippen molar-refractivity contribution in [2.45, 2.75) is 13.1 Å². The standard InChI is InChI=1S/C23H19FN4O5/c1-32-16-7-4-6-15(12-16)14-27-22(30)20(21(29)25-13-17-8-5-11-33-17)26-28(23(27)31)19-10-3-2-9-18(19)24/h2-12H,13-14H2,1H3,(H,25,29). The van der Waals surface area contributed by atoms with E-state index in [4.69, 9.17) is 9.15 Å². The van der Waals surface area contributed by atoms with Crippen molar-refractivity contribution >= 4 is 5.91 Å². The van der Waals surface area contributed by atoms with Crippen LogP contribution in [0.4, 0.5) is 4.39 Å². The molecular formula is C23H19FN4O5. The van der Waals surface area contributed by atoms with Crippen LogP contribution in [0.2, 0.25) is 0 Å². The Morgan fingerprint density at radius 2 is 1.94 bits per heavy atom. The molecule has 2 aromatic carbocycles. The molecule has 0 radical (unpaired) electrons. The highest BCUT2D eigenvalue weighted by molar-refractivity contribution is 5.91. The predicted octanol–water partition coefficient (Wildman–Crippen LogP) is 2.11. The van der Waals surface area contributed by atoms with E-state index in [1.54, 1.807) is 36.4 Å². The molecule has 9 nitrogen and oxygen atoms in total. The third-order valence-corrected chi connectivity index (χ3v) is 4.83. The Hall–Kier alpha value is -4.47. The van der Waals surface area contributed by atoms with Crippen molar-refractivity contribution in [3.8, 4) is 11.4 Å². The van der Waals surface area contributed by atoms with Crippen LogP contribution in [0.1, 0.15) is 21.8 Å². The van der Waals surface area contributed by atoms with Crippen LogP contribution in [0, 0.1) is 5.82 Å². The molecule has 10 heteroatoms. The summed E-state index contributed by atoms with van der Waals surface area (Å²) >= 11 is 0. The number of ether oxygens (including phenoxy) is 1. The van der Waals surface area contributed by atoms with Gasteiger partial charge in [-0.05, 0) is 42.0 Å². The fourth-order valence-electron chi connectivity index (χ4n) is 3.19. The fraction of sp³-hybridized carbons (Fsp3) is 0.130. The zero-order chi connectivity index (χ0) is 23.4. The monoisotopic (exact) mass is 450 g/mol. The molecule has 0 bridgehead atoms. The summed E-state index contributed by atoms with van der Waals surface area (Å²) in [4.78, 5) is 39.0. The number of carbonyl (C=O) groups excluding carboxylic acids is 1. The molecule has 2 aromatic heterocycles. The number of nitrogens with one attached hydrogen (secondary N) is 1. The Kier molecular flexibility index (Phi) is 6.16. The second-order valence-corrected chi connectivity index (χ2v) is 7.00. The average Bonchev–Trinajstić information content (AvgIpc) is 3.35. The highest BCUT2D eigenvalue weighted by Gasteiger charge is 2.22. The number of amides is 1. The maximum absolute atomic E-state index is 14.5. The number of furan rings is 1. The number of methoxy groups -OCH3 is 1. The molecule has 0 unspecified atom stereocenters. The normalized spacial score (nSPS) is 10.7. The smallest absolute Gasteiger partial charge is 0.352 e. The number of hydrogen-bond donors (Lipinski definition) is 1. The lowest BCUT2D eigenvalue weighted by Crippen LogP contribution is -2.46. The van der Waals surface area contributed by atoms with Crippen LogP contribution >= 0.6 is 0 Å². The van der Waals surface area contributed by atoms with Gasteiger partial charge in [0, 0.05) is 0 Å². The molecule has 0 aliphatic heterocycles. The molecule has 0 fully saturated rings. The number of nitrogens with zero attached hydrogens (tertiary/aromatic N) is 3. The summed E-state index contributed by atoms with van der Waals surface area (Å²) in [7, 11) is 1.49. The number of aromatic nitrogens is 3. The van der Waals surface area contributed by atoms with Crippen LogP contribution in [0.25, 0.3) is 5.69 Å². The first-order chi connectivity index (χ1) is 16.0. The van der Waals surface area contributed by atoms with Crippen LogP contribution in [0.5, 0.6) is 5.75 Å². The fourth-order valence-corrected chi connectivity index (χ4v) is 3.19. The molecule has 1 amide bonds. The second-order valence-electron chi connectivity index (χ2n) is 7.00. The van der Waals surface area contributed by atoms with E-state index in [0.29, 0.717) is 21.8 Å². The molecule has 4 rings (SSSR count). The van der Waals surface area contributed by atoms with Crippen LogP contribution < -0.4 is 21.3 Å². The molecule has 33 heavy (non-hydrogen) atoms. The first kappa shape index (κ1) is 21.8. The van der Waals surface area contributed by atoms with Crippen LogP contribution in [0.15, 0.2) is 80.9 Å². The van der Waals surface area contributed by atoms with Gasteiger partial charge < -0.3 is 14.5 Å². The SMILES string of the molecule is COc1cccc(Cn2c(=O)c(C(=O)NCc3ccco3)nn(-c3ccccc3F)c2=O)c1. The number of benzene rings is 2. The van der Waals surface area contributed by atoms with Gasteiger partial charge in [-0.2, -0.15) is 9.78 Å². The minimum Gasteiger partial charge on any atom is -0.497 e. The van der Waals surface area contributed by atoms with Gasteiger partial charge in [0.05, 0.1) is 26.5 Å². The molecule has 2 heterocycles. The summed E-state index contributed by atoms with van der Waals surface area (Å²) in [6.07, 6.45) is 1.44. The molecule has 0 saturated heterocycles. The zero-order valence-corrected chi connectivity index (χ0v) is 17.5. The molecule has 0 saturated carbocycles. The molecule has 0 atom stereocenters. The van der Waals surface area contributed by atoms with Gasteiger partial charge in [0.1, 0.15) is 23.0 Å². The van der Waals surface area contributed by atoms with Gasteiger partial charge in [0.25, 0.3) is 11.5 Å². The summed E-state index contributed by atoms with van der Waals surface area (Å²) in [5.41, 5.74) is -1.99. The average molecular weight is 450 g/mol. The van der Waals surface area contributed by atoms with Gasteiger partial charge in [-0.3, -0.25) is 14.2 Å². The first-order valence-corrected chi connectivity index (χ1v) is 9.90. The minimum atomic E-state index is -0.910. The van der Waals surface area contributed by atoms with E-state index in [-0.39, 0.29) is 18.8 Å². The van der Waals surface area contributed by atoms with E-state index in [9.17, 15) is 18.8 Å². The summed E-state index contributed by atoms with van der Waals surface area (Å²) < 4.78 is 26.4. The Morgan fingerprint density at radius 3 is 2.67 bits per heavy atom. The van der Waals surface area contributed by atoms with E-state index in [0.717, 1.165) is 10.6 Å².